The van der Waals surface area contributed by atoms with Gasteiger partial charge >= 0.3 is 0 Å². The summed E-state index contributed by atoms with van der Waals surface area (Å²) in [5, 5.41) is 3.40. The molecule has 5 heteroatoms. The molecular weight excluding hydrogens is 350 g/mol. The van der Waals surface area contributed by atoms with Crippen LogP contribution in [-0.4, -0.2) is 17.4 Å². The topological polar surface area (TPSA) is 78.9 Å². The van der Waals surface area contributed by atoms with E-state index in [4.69, 9.17) is 10.2 Å². The first kappa shape index (κ1) is 20.1. The van der Waals surface area contributed by atoms with Crippen LogP contribution in [0.4, 0.5) is 0 Å². The maximum atomic E-state index is 11.1. The minimum absolute atomic E-state index is 0.0121. The highest BCUT2D eigenvalue weighted by Gasteiger charge is 2.18. The first-order valence-electron chi connectivity index (χ1n) is 10.1. The average Bonchev–Trinajstić information content (AvgIpc) is 3.12. The Balaban J connectivity index is 1.66. The van der Waals surface area contributed by atoms with Gasteiger partial charge in [-0.1, -0.05) is 49.4 Å². The van der Waals surface area contributed by atoms with Gasteiger partial charge in [-0.2, -0.15) is 0 Å². The Morgan fingerprint density at radius 2 is 1.89 bits per heavy atom. The van der Waals surface area contributed by atoms with Crippen LogP contribution in [0.3, 0.4) is 0 Å². The van der Waals surface area contributed by atoms with E-state index in [9.17, 15) is 4.79 Å². The van der Waals surface area contributed by atoms with Crippen LogP contribution in [0.1, 0.15) is 55.7 Å². The molecule has 0 saturated heterocycles. The molecule has 1 radical (unpaired) electrons. The number of amides is 1. The zero-order valence-electron chi connectivity index (χ0n) is 16.4. The van der Waals surface area contributed by atoms with Crippen molar-refractivity contribution >= 4 is 17.0 Å². The summed E-state index contributed by atoms with van der Waals surface area (Å²) in [6, 6.07) is 16.5. The normalized spacial score (nSPS) is 12.3. The van der Waals surface area contributed by atoms with Crippen molar-refractivity contribution in [2.24, 2.45) is 0 Å². The zero-order chi connectivity index (χ0) is 19.8. The van der Waals surface area contributed by atoms with E-state index >= 15 is 0 Å². The van der Waals surface area contributed by atoms with Gasteiger partial charge in [-0.15, -0.1) is 0 Å². The van der Waals surface area contributed by atoms with E-state index in [1.54, 1.807) is 0 Å². The molecule has 0 fully saturated rings. The van der Waals surface area contributed by atoms with Crippen LogP contribution in [0.5, 0.6) is 0 Å². The standard InChI is InChI=1S/C23H28N3O2/c1-2-25-19(15-16-21(24)27)18-12-8-13-20-23(18)28-22(26-20)14-7-6-11-17-9-4-3-5-10-17/h3-5,8-10,12-13,19,24-25H,2,6-7,11,14-16H2,1H3. The van der Waals surface area contributed by atoms with Crippen molar-refractivity contribution in [1.82, 2.24) is 16.0 Å². The molecule has 3 aromatic rings. The van der Waals surface area contributed by atoms with Gasteiger partial charge in [-0.3, -0.25) is 10.5 Å². The summed E-state index contributed by atoms with van der Waals surface area (Å²) in [5.74, 6) is 0.231. The van der Waals surface area contributed by atoms with Gasteiger partial charge in [0.05, 0.1) is 0 Å². The Morgan fingerprint density at radius 1 is 1.11 bits per heavy atom. The Kier molecular flexibility index (Phi) is 7.20. The van der Waals surface area contributed by atoms with E-state index in [0.717, 1.165) is 54.8 Å². The predicted molar refractivity (Wildman–Crippen MR) is 111 cm³/mol. The summed E-state index contributed by atoms with van der Waals surface area (Å²) < 4.78 is 6.10. The van der Waals surface area contributed by atoms with Crippen LogP contribution in [-0.2, 0) is 17.6 Å². The van der Waals surface area contributed by atoms with Gasteiger partial charge in [0.15, 0.2) is 11.5 Å². The number of aryl methyl sites for hydroxylation is 2. The Morgan fingerprint density at radius 3 is 2.64 bits per heavy atom. The number of fused-ring (bicyclic) bond motifs is 1. The van der Waals surface area contributed by atoms with E-state index in [1.807, 2.05) is 31.2 Å². The number of para-hydroxylation sites is 1. The number of carbonyl (C=O) groups excluding carboxylic acids is 1. The second kappa shape index (κ2) is 10.0. The van der Waals surface area contributed by atoms with Gasteiger partial charge in [0, 0.05) is 24.4 Å². The molecule has 0 aliphatic heterocycles. The van der Waals surface area contributed by atoms with Crippen molar-refractivity contribution in [2.75, 3.05) is 6.54 Å². The molecule has 5 nitrogen and oxygen atoms in total. The Bertz CT molecular complexity index is 889. The summed E-state index contributed by atoms with van der Waals surface area (Å²) >= 11 is 0. The molecule has 1 atom stereocenters. The number of unbranched alkanes of at least 4 members (excludes halogenated alkanes) is 1. The number of hydrogen-bond donors (Lipinski definition) is 1. The van der Waals surface area contributed by atoms with Gasteiger partial charge in [-0.05, 0) is 43.9 Å². The Labute approximate surface area is 166 Å². The lowest BCUT2D eigenvalue weighted by Crippen LogP contribution is -2.22. The van der Waals surface area contributed by atoms with E-state index in [1.165, 1.54) is 5.56 Å². The maximum Gasteiger partial charge on any atom is 0.238 e. The highest BCUT2D eigenvalue weighted by Crippen LogP contribution is 2.28. The van der Waals surface area contributed by atoms with E-state index < -0.39 is 5.91 Å². The molecule has 0 aliphatic rings. The van der Waals surface area contributed by atoms with Crippen molar-refractivity contribution < 1.29 is 9.21 Å². The maximum absolute atomic E-state index is 11.1. The molecule has 2 N–H and O–H groups in total. The fourth-order valence-electron chi connectivity index (χ4n) is 3.54. The highest BCUT2D eigenvalue weighted by atomic mass is 16.3. The third-order valence-corrected chi connectivity index (χ3v) is 4.92. The molecule has 1 heterocycles. The van der Waals surface area contributed by atoms with E-state index in [-0.39, 0.29) is 12.5 Å². The summed E-state index contributed by atoms with van der Waals surface area (Å²) in [5.41, 5.74) is 11.2. The van der Waals surface area contributed by atoms with Gasteiger partial charge < -0.3 is 9.73 Å². The number of rotatable bonds is 11. The predicted octanol–water partition coefficient (Wildman–Crippen LogP) is 4.63. The van der Waals surface area contributed by atoms with Gasteiger partial charge in [-0.25, -0.2) is 4.98 Å². The lowest BCUT2D eigenvalue weighted by Gasteiger charge is -2.17. The van der Waals surface area contributed by atoms with Crippen LogP contribution in [0, 0.1) is 0 Å². The molecule has 0 bridgehead atoms. The number of nitrogens with one attached hydrogen (secondary N) is 2. The lowest BCUT2D eigenvalue weighted by atomic mass is 10.0. The molecule has 0 aliphatic carbocycles. The minimum Gasteiger partial charge on any atom is -0.440 e. The molecule has 1 unspecified atom stereocenters. The number of aromatic nitrogens is 1. The van der Waals surface area contributed by atoms with Crippen molar-refractivity contribution in [3.05, 3.63) is 65.5 Å². The van der Waals surface area contributed by atoms with Gasteiger partial charge in [0.2, 0.25) is 5.91 Å². The van der Waals surface area contributed by atoms with Crippen LogP contribution < -0.4 is 11.1 Å². The largest absolute Gasteiger partial charge is 0.440 e. The van der Waals surface area contributed by atoms with Crippen LogP contribution in [0.25, 0.3) is 11.1 Å². The second-order valence-corrected chi connectivity index (χ2v) is 7.07. The molecular formula is C23H28N3O2. The fourth-order valence-corrected chi connectivity index (χ4v) is 3.54. The number of oxazole rings is 1. The summed E-state index contributed by atoms with van der Waals surface area (Å²) in [7, 11) is 0. The highest BCUT2D eigenvalue weighted by molar-refractivity contribution is 5.77. The van der Waals surface area contributed by atoms with Gasteiger partial charge in [0.1, 0.15) is 5.52 Å². The number of benzene rings is 2. The molecule has 1 aromatic heterocycles. The molecule has 147 valence electrons. The smallest absolute Gasteiger partial charge is 0.238 e. The summed E-state index contributed by atoms with van der Waals surface area (Å²) in [6.45, 7) is 2.82. The lowest BCUT2D eigenvalue weighted by molar-refractivity contribution is -0.118. The van der Waals surface area contributed by atoms with Crippen LogP contribution >= 0.6 is 0 Å². The van der Waals surface area contributed by atoms with Crippen molar-refractivity contribution in [3.63, 3.8) is 0 Å². The third kappa shape index (κ3) is 5.42. The van der Waals surface area contributed by atoms with Crippen LogP contribution in [0.15, 0.2) is 52.9 Å². The Hall–Kier alpha value is -2.66. The zero-order valence-corrected chi connectivity index (χ0v) is 16.4. The molecule has 2 aromatic carbocycles. The molecule has 1 amide bonds. The quantitative estimate of drug-likeness (QED) is 0.493. The van der Waals surface area contributed by atoms with E-state index in [2.05, 4.69) is 34.6 Å². The number of carbonyl (C=O) groups is 1. The molecule has 0 saturated carbocycles. The molecule has 28 heavy (non-hydrogen) atoms. The van der Waals surface area contributed by atoms with Crippen molar-refractivity contribution in [3.8, 4) is 0 Å². The second-order valence-electron chi connectivity index (χ2n) is 7.07. The average molecular weight is 378 g/mol. The monoisotopic (exact) mass is 378 g/mol. The SMILES string of the molecule is CCNC(CCC([NH])=O)c1cccc2nc(CCCCc3ccccc3)oc12. The first-order valence-corrected chi connectivity index (χ1v) is 10.1. The fraction of sp³-hybridized carbons (Fsp3) is 0.391. The molecule has 0 spiro atoms. The number of nitrogens with zero attached hydrogens (tertiary/aromatic N) is 1. The third-order valence-electron chi connectivity index (χ3n) is 4.92. The first-order chi connectivity index (χ1) is 13.7. The van der Waals surface area contributed by atoms with Crippen LogP contribution in [0.2, 0.25) is 0 Å². The van der Waals surface area contributed by atoms with Crippen molar-refractivity contribution in [2.45, 2.75) is 51.5 Å². The minimum atomic E-state index is -0.535. The van der Waals surface area contributed by atoms with E-state index in [0.29, 0.717) is 6.42 Å². The van der Waals surface area contributed by atoms with Gasteiger partial charge in [0.25, 0.3) is 0 Å². The summed E-state index contributed by atoms with van der Waals surface area (Å²) in [6.07, 6.45) is 4.83. The number of hydrogen-bond acceptors (Lipinski definition) is 4. The summed E-state index contributed by atoms with van der Waals surface area (Å²) in [4.78, 5) is 15.8. The molecule has 3 rings (SSSR count). The van der Waals surface area contributed by atoms with Crippen molar-refractivity contribution in [1.29, 1.82) is 0 Å².